The van der Waals surface area contributed by atoms with Gasteiger partial charge in [-0.3, -0.25) is 9.78 Å². The fraction of sp³-hybridized carbons (Fsp3) is 0.150. The molecule has 0 aliphatic heterocycles. The number of nitrogens with one attached hydrogen (secondary N) is 1. The summed E-state index contributed by atoms with van der Waals surface area (Å²) < 4.78 is 15.5. The average molecular weight is 366 g/mol. The molecule has 7 nitrogen and oxygen atoms in total. The molecule has 1 aromatic heterocycles. The van der Waals surface area contributed by atoms with Crippen LogP contribution in [-0.2, 0) is 9.53 Å². The number of nitrogens with zero attached hydrogens (tertiary/aromatic N) is 1. The molecule has 0 atom stereocenters. The predicted molar refractivity (Wildman–Crippen MR) is 100 cm³/mol. The SMILES string of the molecule is COc1ccc(OC)c(NC(=O)COC(=O)c2cccc3cccnc23)c1. The molecular weight excluding hydrogens is 348 g/mol. The third-order valence-corrected chi connectivity index (χ3v) is 3.87. The summed E-state index contributed by atoms with van der Waals surface area (Å²) in [6, 6.07) is 13.8. The van der Waals surface area contributed by atoms with Crippen molar-refractivity contribution in [3.05, 3.63) is 60.3 Å². The number of esters is 1. The van der Waals surface area contributed by atoms with Crippen LogP contribution in [0.4, 0.5) is 5.69 Å². The van der Waals surface area contributed by atoms with E-state index in [1.807, 2.05) is 12.1 Å². The topological polar surface area (TPSA) is 86.8 Å². The Hall–Kier alpha value is -3.61. The Labute approximate surface area is 155 Å². The number of anilines is 1. The lowest BCUT2D eigenvalue weighted by Gasteiger charge is -2.12. The lowest BCUT2D eigenvalue weighted by atomic mass is 10.1. The average Bonchev–Trinajstić information content (AvgIpc) is 2.71. The van der Waals surface area contributed by atoms with Crippen LogP contribution in [-0.4, -0.2) is 37.7 Å². The molecule has 0 aliphatic carbocycles. The summed E-state index contributed by atoms with van der Waals surface area (Å²) in [5.41, 5.74) is 1.25. The highest BCUT2D eigenvalue weighted by Gasteiger charge is 2.15. The van der Waals surface area contributed by atoms with Gasteiger partial charge in [0.1, 0.15) is 11.5 Å². The van der Waals surface area contributed by atoms with E-state index in [2.05, 4.69) is 10.3 Å². The van der Waals surface area contributed by atoms with Gasteiger partial charge in [-0.2, -0.15) is 0 Å². The summed E-state index contributed by atoms with van der Waals surface area (Å²) in [4.78, 5) is 28.7. The fourth-order valence-electron chi connectivity index (χ4n) is 2.58. The number of pyridine rings is 1. The van der Waals surface area contributed by atoms with Gasteiger partial charge in [-0.25, -0.2) is 4.79 Å². The van der Waals surface area contributed by atoms with Crippen molar-refractivity contribution in [3.63, 3.8) is 0 Å². The monoisotopic (exact) mass is 366 g/mol. The van der Waals surface area contributed by atoms with Gasteiger partial charge in [-0.1, -0.05) is 18.2 Å². The van der Waals surface area contributed by atoms with Gasteiger partial charge < -0.3 is 19.5 Å². The Morgan fingerprint density at radius 3 is 2.63 bits per heavy atom. The standard InChI is InChI=1S/C20H18N2O5/c1-25-14-8-9-17(26-2)16(11-14)22-18(23)12-27-20(24)15-7-3-5-13-6-4-10-21-19(13)15/h3-11H,12H2,1-2H3,(H,22,23). The van der Waals surface area contributed by atoms with Crippen molar-refractivity contribution in [2.24, 2.45) is 0 Å². The number of amides is 1. The van der Waals surface area contributed by atoms with Crippen LogP contribution in [0.25, 0.3) is 10.9 Å². The van der Waals surface area contributed by atoms with Gasteiger partial charge in [0.2, 0.25) is 0 Å². The number of ether oxygens (including phenoxy) is 3. The molecule has 1 amide bonds. The molecule has 0 bridgehead atoms. The second-order valence-electron chi connectivity index (χ2n) is 5.57. The van der Waals surface area contributed by atoms with Crippen LogP contribution in [0.1, 0.15) is 10.4 Å². The van der Waals surface area contributed by atoms with E-state index in [1.54, 1.807) is 42.6 Å². The highest BCUT2D eigenvalue weighted by atomic mass is 16.5. The van der Waals surface area contributed by atoms with Crippen molar-refractivity contribution in [1.82, 2.24) is 4.98 Å². The van der Waals surface area contributed by atoms with Gasteiger partial charge >= 0.3 is 5.97 Å². The summed E-state index contributed by atoms with van der Waals surface area (Å²) in [7, 11) is 3.01. The van der Waals surface area contributed by atoms with E-state index in [0.717, 1.165) is 5.39 Å². The third-order valence-electron chi connectivity index (χ3n) is 3.87. The first kappa shape index (κ1) is 18.2. The summed E-state index contributed by atoms with van der Waals surface area (Å²) >= 11 is 0. The zero-order valence-corrected chi connectivity index (χ0v) is 14.9. The first-order valence-electron chi connectivity index (χ1n) is 8.15. The molecule has 138 valence electrons. The van der Waals surface area contributed by atoms with Gasteiger partial charge in [-0.05, 0) is 24.3 Å². The Balaban J connectivity index is 1.68. The Bertz CT molecular complexity index is 982. The predicted octanol–water partition coefficient (Wildman–Crippen LogP) is 3.05. The normalized spacial score (nSPS) is 10.3. The number of carbonyl (C=O) groups excluding carboxylic acids is 2. The maximum atomic E-state index is 12.4. The third kappa shape index (κ3) is 4.14. The summed E-state index contributed by atoms with van der Waals surface area (Å²) in [6.07, 6.45) is 1.60. The number of benzene rings is 2. The maximum absolute atomic E-state index is 12.4. The molecule has 27 heavy (non-hydrogen) atoms. The van der Waals surface area contributed by atoms with E-state index in [-0.39, 0.29) is 0 Å². The van der Waals surface area contributed by atoms with Crippen LogP contribution in [0.3, 0.4) is 0 Å². The van der Waals surface area contributed by atoms with Crippen molar-refractivity contribution >= 4 is 28.5 Å². The number of methoxy groups -OCH3 is 2. The fourth-order valence-corrected chi connectivity index (χ4v) is 2.58. The molecule has 7 heteroatoms. The van der Waals surface area contributed by atoms with Crippen molar-refractivity contribution < 1.29 is 23.8 Å². The zero-order chi connectivity index (χ0) is 19.2. The first-order valence-corrected chi connectivity index (χ1v) is 8.15. The largest absolute Gasteiger partial charge is 0.497 e. The van der Waals surface area contributed by atoms with Crippen molar-refractivity contribution in [2.45, 2.75) is 0 Å². The molecule has 0 saturated carbocycles. The van der Waals surface area contributed by atoms with Crippen molar-refractivity contribution in [1.29, 1.82) is 0 Å². The Kier molecular flexibility index (Phi) is 5.51. The highest BCUT2D eigenvalue weighted by Crippen LogP contribution is 2.28. The number of para-hydroxylation sites is 1. The number of rotatable bonds is 6. The van der Waals surface area contributed by atoms with E-state index in [1.165, 1.54) is 14.2 Å². The van der Waals surface area contributed by atoms with Crippen LogP contribution in [0.2, 0.25) is 0 Å². The number of aromatic nitrogens is 1. The minimum atomic E-state index is -0.618. The molecule has 1 heterocycles. The van der Waals surface area contributed by atoms with Crippen LogP contribution in [0.5, 0.6) is 11.5 Å². The molecule has 3 aromatic rings. The summed E-state index contributed by atoms with van der Waals surface area (Å²) in [5.74, 6) is -0.0891. The zero-order valence-electron chi connectivity index (χ0n) is 14.9. The van der Waals surface area contributed by atoms with Crippen LogP contribution in [0.15, 0.2) is 54.7 Å². The summed E-state index contributed by atoms with van der Waals surface area (Å²) in [6.45, 7) is -0.442. The molecule has 0 saturated heterocycles. The number of hydrogen-bond donors (Lipinski definition) is 1. The van der Waals surface area contributed by atoms with E-state index >= 15 is 0 Å². The molecule has 0 unspecified atom stereocenters. The molecule has 3 rings (SSSR count). The van der Waals surface area contributed by atoms with Gasteiger partial charge in [0.05, 0.1) is 31.0 Å². The number of hydrogen-bond acceptors (Lipinski definition) is 6. The molecule has 0 spiro atoms. The quantitative estimate of drug-likeness (QED) is 0.675. The highest BCUT2D eigenvalue weighted by molar-refractivity contribution is 6.03. The minimum Gasteiger partial charge on any atom is -0.497 e. The Morgan fingerprint density at radius 2 is 1.85 bits per heavy atom. The Morgan fingerprint density at radius 1 is 1.04 bits per heavy atom. The van der Waals surface area contributed by atoms with Crippen LogP contribution in [0, 0.1) is 0 Å². The second kappa shape index (κ2) is 8.18. The lowest BCUT2D eigenvalue weighted by molar-refractivity contribution is -0.119. The first-order chi connectivity index (χ1) is 13.1. The summed E-state index contributed by atoms with van der Waals surface area (Å²) in [5, 5.41) is 3.46. The second-order valence-corrected chi connectivity index (χ2v) is 5.57. The van der Waals surface area contributed by atoms with Gasteiger partial charge in [0.15, 0.2) is 6.61 Å². The van der Waals surface area contributed by atoms with E-state index < -0.39 is 18.5 Å². The lowest BCUT2D eigenvalue weighted by Crippen LogP contribution is -2.21. The van der Waals surface area contributed by atoms with Gasteiger partial charge in [-0.15, -0.1) is 0 Å². The van der Waals surface area contributed by atoms with E-state index in [0.29, 0.717) is 28.3 Å². The van der Waals surface area contributed by atoms with Crippen molar-refractivity contribution in [3.8, 4) is 11.5 Å². The molecule has 0 radical (unpaired) electrons. The van der Waals surface area contributed by atoms with Crippen molar-refractivity contribution in [2.75, 3.05) is 26.1 Å². The maximum Gasteiger partial charge on any atom is 0.340 e. The molecular formula is C20H18N2O5. The van der Waals surface area contributed by atoms with Gasteiger partial charge in [0, 0.05) is 17.6 Å². The van der Waals surface area contributed by atoms with E-state index in [9.17, 15) is 9.59 Å². The van der Waals surface area contributed by atoms with Gasteiger partial charge in [0.25, 0.3) is 5.91 Å². The molecule has 0 aliphatic rings. The smallest absolute Gasteiger partial charge is 0.340 e. The van der Waals surface area contributed by atoms with E-state index in [4.69, 9.17) is 14.2 Å². The minimum absolute atomic E-state index is 0.305. The molecule has 0 fully saturated rings. The van der Waals surface area contributed by atoms with Crippen LogP contribution >= 0.6 is 0 Å². The molecule has 2 aromatic carbocycles. The molecule has 1 N–H and O–H groups in total. The number of fused-ring (bicyclic) bond motifs is 1. The number of carbonyl (C=O) groups is 2. The van der Waals surface area contributed by atoms with Crippen LogP contribution < -0.4 is 14.8 Å².